The number of ether oxygens (including phenoxy) is 1. The van der Waals surface area contributed by atoms with E-state index < -0.39 is 16.0 Å². The second kappa shape index (κ2) is 7.37. The van der Waals surface area contributed by atoms with E-state index in [9.17, 15) is 13.2 Å². The van der Waals surface area contributed by atoms with E-state index in [1.165, 1.54) is 35.6 Å². The summed E-state index contributed by atoms with van der Waals surface area (Å²) in [4.78, 5) is 11.6. The molecule has 0 aliphatic rings. The normalized spacial score (nSPS) is 11.6. The van der Waals surface area contributed by atoms with Crippen molar-refractivity contribution >= 4 is 16.0 Å². The Kier molecular flexibility index (Phi) is 6.12. The van der Waals surface area contributed by atoms with Crippen molar-refractivity contribution in [1.29, 1.82) is 0 Å². The average Bonchev–Trinajstić information content (AvgIpc) is 2.45. The van der Waals surface area contributed by atoms with Gasteiger partial charge in [0.15, 0.2) is 0 Å². The molecule has 20 heavy (non-hydrogen) atoms. The van der Waals surface area contributed by atoms with E-state index in [0.29, 0.717) is 18.7 Å². The summed E-state index contributed by atoms with van der Waals surface area (Å²) in [6, 6.07) is 5.74. The molecule has 0 amide bonds. The van der Waals surface area contributed by atoms with Crippen molar-refractivity contribution < 1.29 is 17.9 Å². The summed E-state index contributed by atoms with van der Waals surface area (Å²) < 4.78 is 30.6. The quantitative estimate of drug-likeness (QED) is 0.750. The van der Waals surface area contributed by atoms with E-state index in [1.807, 2.05) is 0 Å². The predicted molar refractivity (Wildman–Crippen MR) is 76.1 cm³/mol. The van der Waals surface area contributed by atoms with Gasteiger partial charge in [0.25, 0.3) is 0 Å². The van der Waals surface area contributed by atoms with Crippen LogP contribution in [0.1, 0.15) is 17.3 Å². The standard InChI is InChI=1S/C13H20N2O4S/c1-4-19-13(16)11-5-7-12(8-6-11)20(17,18)15(3)10-9-14-2/h5-8,14H,4,9-10H2,1-3H3. The summed E-state index contributed by atoms with van der Waals surface area (Å²) in [6.07, 6.45) is 0. The Bertz CT molecular complexity index is 540. The van der Waals surface area contributed by atoms with Crippen LogP contribution in [0.15, 0.2) is 29.2 Å². The molecular formula is C13H20N2O4S. The van der Waals surface area contributed by atoms with Gasteiger partial charge in [0.2, 0.25) is 10.0 Å². The van der Waals surface area contributed by atoms with E-state index in [0.717, 1.165) is 0 Å². The zero-order valence-corrected chi connectivity index (χ0v) is 12.7. The van der Waals surface area contributed by atoms with Crippen molar-refractivity contribution in [3.05, 3.63) is 29.8 Å². The van der Waals surface area contributed by atoms with Crippen LogP contribution in [-0.2, 0) is 14.8 Å². The van der Waals surface area contributed by atoms with Crippen molar-refractivity contribution in [2.24, 2.45) is 0 Å². The van der Waals surface area contributed by atoms with E-state index in [1.54, 1.807) is 14.0 Å². The first-order valence-corrected chi connectivity index (χ1v) is 7.75. The van der Waals surface area contributed by atoms with Crippen molar-refractivity contribution in [3.8, 4) is 0 Å². The van der Waals surface area contributed by atoms with Crippen molar-refractivity contribution in [3.63, 3.8) is 0 Å². The smallest absolute Gasteiger partial charge is 0.338 e. The Balaban J connectivity index is 2.89. The van der Waals surface area contributed by atoms with Gasteiger partial charge in [-0.15, -0.1) is 0 Å². The molecule has 1 aromatic carbocycles. The number of carbonyl (C=O) groups excluding carboxylic acids is 1. The lowest BCUT2D eigenvalue weighted by Crippen LogP contribution is -2.32. The van der Waals surface area contributed by atoms with E-state index >= 15 is 0 Å². The van der Waals surface area contributed by atoms with Crippen LogP contribution in [0.4, 0.5) is 0 Å². The monoisotopic (exact) mass is 300 g/mol. The Hall–Kier alpha value is -1.44. The van der Waals surface area contributed by atoms with Gasteiger partial charge in [0, 0.05) is 20.1 Å². The average molecular weight is 300 g/mol. The number of hydrogen-bond acceptors (Lipinski definition) is 5. The number of carbonyl (C=O) groups is 1. The van der Waals surface area contributed by atoms with Crippen LogP contribution in [0.2, 0.25) is 0 Å². The minimum absolute atomic E-state index is 0.157. The molecule has 0 atom stereocenters. The maximum atomic E-state index is 12.2. The summed E-state index contributed by atoms with van der Waals surface area (Å²) in [5, 5.41) is 2.89. The Morgan fingerprint density at radius 2 is 1.90 bits per heavy atom. The Morgan fingerprint density at radius 3 is 2.40 bits per heavy atom. The summed E-state index contributed by atoms with van der Waals surface area (Å²) in [5.74, 6) is -0.458. The molecule has 0 aromatic heterocycles. The van der Waals surface area contributed by atoms with Gasteiger partial charge in [-0.2, -0.15) is 4.31 Å². The van der Waals surface area contributed by atoms with Crippen LogP contribution < -0.4 is 5.32 Å². The van der Waals surface area contributed by atoms with Gasteiger partial charge in [0.05, 0.1) is 17.1 Å². The summed E-state index contributed by atoms with van der Waals surface area (Å²) in [5.41, 5.74) is 0.337. The highest BCUT2D eigenvalue weighted by Gasteiger charge is 2.20. The maximum Gasteiger partial charge on any atom is 0.338 e. The van der Waals surface area contributed by atoms with Gasteiger partial charge in [-0.1, -0.05) is 0 Å². The molecule has 0 aliphatic heterocycles. The number of nitrogens with zero attached hydrogens (tertiary/aromatic N) is 1. The molecule has 0 bridgehead atoms. The fourth-order valence-corrected chi connectivity index (χ4v) is 2.72. The van der Waals surface area contributed by atoms with Crippen LogP contribution in [0, 0.1) is 0 Å². The SMILES string of the molecule is CCOC(=O)c1ccc(S(=O)(=O)N(C)CCNC)cc1. The van der Waals surface area contributed by atoms with E-state index in [-0.39, 0.29) is 11.5 Å². The first-order valence-electron chi connectivity index (χ1n) is 6.31. The third-order valence-electron chi connectivity index (χ3n) is 2.75. The topological polar surface area (TPSA) is 75.7 Å². The van der Waals surface area contributed by atoms with Crippen LogP contribution in [0.3, 0.4) is 0 Å². The number of benzene rings is 1. The van der Waals surface area contributed by atoms with Gasteiger partial charge in [-0.3, -0.25) is 0 Å². The molecule has 1 aromatic rings. The lowest BCUT2D eigenvalue weighted by atomic mass is 10.2. The second-order valence-corrected chi connectivity index (χ2v) is 6.22. The number of hydrogen-bond donors (Lipinski definition) is 1. The Labute approximate surface area is 119 Å². The van der Waals surface area contributed by atoms with E-state index in [2.05, 4.69) is 5.32 Å². The lowest BCUT2D eigenvalue weighted by molar-refractivity contribution is 0.0526. The minimum Gasteiger partial charge on any atom is -0.462 e. The highest BCUT2D eigenvalue weighted by molar-refractivity contribution is 7.89. The molecule has 1 N–H and O–H groups in total. The molecule has 0 radical (unpaired) electrons. The third-order valence-corrected chi connectivity index (χ3v) is 4.62. The zero-order valence-electron chi connectivity index (χ0n) is 11.9. The number of nitrogens with one attached hydrogen (secondary N) is 1. The minimum atomic E-state index is -3.52. The van der Waals surface area contributed by atoms with Gasteiger partial charge in [0.1, 0.15) is 0 Å². The molecule has 0 fully saturated rings. The molecule has 112 valence electrons. The third kappa shape index (κ3) is 4.03. The molecule has 1 rings (SSSR count). The van der Waals surface area contributed by atoms with Crippen LogP contribution in [-0.4, -0.2) is 52.5 Å². The predicted octanol–water partition coefficient (Wildman–Crippen LogP) is 0.703. The molecule has 7 heteroatoms. The molecule has 6 nitrogen and oxygen atoms in total. The summed E-state index contributed by atoms with van der Waals surface area (Å²) >= 11 is 0. The fraction of sp³-hybridized carbons (Fsp3) is 0.462. The molecule has 0 saturated carbocycles. The highest BCUT2D eigenvalue weighted by Crippen LogP contribution is 2.15. The van der Waals surface area contributed by atoms with Crippen molar-refractivity contribution in [1.82, 2.24) is 9.62 Å². The Morgan fingerprint density at radius 1 is 1.30 bits per heavy atom. The first-order chi connectivity index (χ1) is 9.43. The second-order valence-electron chi connectivity index (χ2n) is 4.17. The molecule has 0 heterocycles. The zero-order chi connectivity index (χ0) is 15.2. The first kappa shape index (κ1) is 16.6. The van der Waals surface area contributed by atoms with Gasteiger partial charge in [-0.25, -0.2) is 13.2 Å². The number of likely N-dealkylation sites (N-methyl/N-ethyl adjacent to an activating group) is 2. The van der Waals surface area contributed by atoms with Gasteiger partial charge < -0.3 is 10.1 Å². The van der Waals surface area contributed by atoms with Gasteiger partial charge in [-0.05, 0) is 38.2 Å². The maximum absolute atomic E-state index is 12.2. The molecule has 0 unspecified atom stereocenters. The van der Waals surface area contributed by atoms with Crippen LogP contribution in [0.5, 0.6) is 0 Å². The summed E-state index contributed by atoms with van der Waals surface area (Å²) in [7, 11) is -0.246. The van der Waals surface area contributed by atoms with E-state index in [4.69, 9.17) is 4.74 Å². The molecular weight excluding hydrogens is 280 g/mol. The highest BCUT2D eigenvalue weighted by atomic mass is 32.2. The summed E-state index contributed by atoms with van der Waals surface area (Å²) in [6.45, 7) is 2.94. The van der Waals surface area contributed by atoms with Crippen LogP contribution >= 0.6 is 0 Å². The largest absolute Gasteiger partial charge is 0.462 e. The van der Waals surface area contributed by atoms with Gasteiger partial charge >= 0.3 is 5.97 Å². The number of rotatable bonds is 7. The lowest BCUT2D eigenvalue weighted by Gasteiger charge is -2.17. The number of esters is 1. The fourth-order valence-electron chi connectivity index (χ4n) is 1.55. The number of sulfonamides is 1. The molecule has 0 aliphatic carbocycles. The van der Waals surface area contributed by atoms with Crippen molar-refractivity contribution in [2.45, 2.75) is 11.8 Å². The molecule has 0 spiro atoms. The molecule has 0 saturated heterocycles. The van der Waals surface area contributed by atoms with Crippen LogP contribution in [0.25, 0.3) is 0 Å². The van der Waals surface area contributed by atoms with Crippen molar-refractivity contribution in [2.75, 3.05) is 33.8 Å².